The van der Waals surface area contributed by atoms with Crippen LogP contribution in [0.1, 0.15) is 6.92 Å². The average Bonchev–Trinajstić information content (AvgIpc) is 2.67. The lowest BCUT2D eigenvalue weighted by atomic mass is 10.1. The van der Waals surface area contributed by atoms with E-state index in [1.807, 2.05) is 0 Å². The number of carbonyl (C=O) groups is 2. The predicted octanol–water partition coefficient (Wildman–Crippen LogP) is 3.07. The quantitative estimate of drug-likeness (QED) is 0.768. The van der Waals surface area contributed by atoms with Crippen molar-refractivity contribution in [2.75, 3.05) is 18.6 Å². The summed E-state index contributed by atoms with van der Waals surface area (Å²) in [6.45, 7) is 1.68. The minimum absolute atomic E-state index is 0.0404. The van der Waals surface area contributed by atoms with Crippen molar-refractivity contribution in [1.82, 2.24) is 0 Å². The number of benzene rings is 2. The molecule has 0 fully saturated rings. The second-order valence-corrected chi connectivity index (χ2v) is 6.14. The molecule has 1 heterocycles. The first-order valence-electron chi connectivity index (χ1n) is 8.07. The summed E-state index contributed by atoms with van der Waals surface area (Å²) >= 11 is 6.09. The van der Waals surface area contributed by atoms with Gasteiger partial charge >= 0.3 is 5.97 Å². The van der Waals surface area contributed by atoms with Crippen LogP contribution in [0.25, 0.3) is 0 Å². The Balaban J connectivity index is 1.85. The van der Waals surface area contributed by atoms with Gasteiger partial charge in [0.2, 0.25) is 6.10 Å². The zero-order valence-electron chi connectivity index (χ0n) is 14.3. The van der Waals surface area contributed by atoms with E-state index in [1.165, 1.54) is 12.0 Å². The number of fused-ring (bicyclic) bond motifs is 1. The standard InChI is InChI=1S/C19H18ClNO5/c1-12(25-15-9-5-3-7-13(15)20)18(22)21-11-17(19(23)24-2)26-16-10-6-4-8-14(16)21/h3-10,12,17H,11H2,1-2H3/t12-,17+/m0/s1. The van der Waals surface area contributed by atoms with E-state index < -0.39 is 18.2 Å². The molecule has 7 heteroatoms. The summed E-state index contributed by atoms with van der Waals surface area (Å²) < 4.78 is 16.1. The van der Waals surface area contributed by atoms with Crippen LogP contribution >= 0.6 is 11.6 Å². The van der Waals surface area contributed by atoms with Gasteiger partial charge in [-0.2, -0.15) is 0 Å². The summed E-state index contributed by atoms with van der Waals surface area (Å²) in [5.74, 6) is 0.0000683. The Bertz CT molecular complexity index is 825. The number of hydrogen-bond donors (Lipinski definition) is 0. The Hall–Kier alpha value is -2.73. The zero-order chi connectivity index (χ0) is 18.7. The molecule has 26 heavy (non-hydrogen) atoms. The van der Waals surface area contributed by atoms with Crippen molar-refractivity contribution >= 4 is 29.2 Å². The molecule has 0 N–H and O–H groups in total. The average molecular weight is 376 g/mol. The van der Waals surface area contributed by atoms with Gasteiger partial charge in [0.15, 0.2) is 6.10 Å². The Morgan fingerprint density at radius 1 is 1.19 bits per heavy atom. The number of esters is 1. The lowest BCUT2D eigenvalue weighted by Crippen LogP contribution is -2.51. The Morgan fingerprint density at radius 3 is 2.62 bits per heavy atom. The topological polar surface area (TPSA) is 65.1 Å². The van der Waals surface area contributed by atoms with E-state index in [9.17, 15) is 9.59 Å². The SMILES string of the molecule is COC(=O)[C@H]1CN(C(=O)[C@H](C)Oc2ccccc2Cl)c2ccccc2O1. The van der Waals surface area contributed by atoms with Crippen LogP contribution in [0.2, 0.25) is 5.02 Å². The molecule has 3 rings (SSSR count). The summed E-state index contributed by atoms with van der Waals surface area (Å²) in [4.78, 5) is 26.4. The van der Waals surface area contributed by atoms with Crippen molar-refractivity contribution in [3.63, 3.8) is 0 Å². The molecule has 0 radical (unpaired) electrons. The van der Waals surface area contributed by atoms with Crippen LogP contribution in [0.4, 0.5) is 5.69 Å². The van der Waals surface area contributed by atoms with Gasteiger partial charge in [0, 0.05) is 0 Å². The molecule has 2 aromatic carbocycles. The maximum absolute atomic E-state index is 13.0. The molecular weight excluding hydrogens is 358 g/mol. The Labute approximate surface area is 156 Å². The first-order chi connectivity index (χ1) is 12.5. The molecule has 2 aromatic rings. The number of anilines is 1. The zero-order valence-corrected chi connectivity index (χ0v) is 15.1. The van der Waals surface area contributed by atoms with Crippen LogP contribution in [-0.2, 0) is 14.3 Å². The number of hydrogen-bond acceptors (Lipinski definition) is 5. The number of ether oxygens (including phenoxy) is 3. The second kappa shape index (κ2) is 7.66. The van der Waals surface area contributed by atoms with Gasteiger partial charge in [0.1, 0.15) is 11.5 Å². The smallest absolute Gasteiger partial charge is 0.348 e. The summed E-state index contributed by atoms with van der Waals surface area (Å²) in [6.07, 6.45) is -1.70. The number of halogens is 1. The van der Waals surface area contributed by atoms with E-state index in [1.54, 1.807) is 55.5 Å². The van der Waals surface area contributed by atoms with Gasteiger partial charge in [0.25, 0.3) is 5.91 Å². The fraction of sp³-hybridized carbons (Fsp3) is 0.263. The van der Waals surface area contributed by atoms with Gasteiger partial charge in [-0.05, 0) is 31.2 Å². The molecule has 0 saturated heterocycles. The van der Waals surface area contributed by atoms with Crippen LogP contribution < -0.4 is 14.4 Å². The van der Waals surface area contributed by atoms with Crippen molar-refractivity contribution in [2.24, 2.45) is 0 Å². The highest BCUT2D eigenvalue weighted by atomic mass is 35.5. The molecule has 0 bridgehead atoms. The molecule has 6 nitrogen and oxygen atoms in total. The highest BCUT2D eigenvalue weighted by Crippen LogP contribution is 2.34. The fourth-order valence-electron chi connectivity index (χ4n) is 2.70. The predicted molar refractivity (Wildman–Crippen MR) is 96.8 cm³/mol. The molecule has 136 valence electrons. The van der Waals surface area contributed by atoms with Gasteiger partial charge < -0.3 is 19.1 Å². The van der Waals surface area contributed by atoms with Crippen molar-refractivity contribution < 1.29 is 23.8 Å². The number of nitrogens with zero attached hydrogens (tertiary/aromatic N) is 1. The van der Waals surface area contributed by atoms with Crippen molar-refractivity contribution in [2.45, 2.75) is 19.1 Å². The highest BCUT2D eigenvalue weighted by Gasteiger charge is 2.36. The van der Waals surface area contributed by atoms with Crippen LogP contribution in [0.5, 0.6) is 11.5 Å². The normalized spacial score (nSPS) is 16.9. The molecule has 0 saturated carbocycles. The van der Waals surface area contributed by atoms with Crippen molar-refractivity contribution in [3.8, 4) is 11.5 Å². The first kappa shape index (κ1) is 18.1. The minimum Gasteiger partial charge on any atom is -0.479 e. The third-order valence-corrected chi connectivity index (χ3v) is 4.30. The Kier molecular flexibility index (Phi) is 5.32. The monoisotopic (exact) mass is 375 g/mol. The lowest BCUT2D eigenvalue weighted by molar-refractivity contribution is -0.148. The number of para-hydroxylation sites is 3. The van der Waals surface area contributed by atoms with E-state index in [-0.39, 0.29) is 12.5 Å². The molecule has 0 aromatic heterocycles. The number of amides is 1. The highest BCUT2D eigenvalue weighted by molar-refractivity contribution is 6.32. The largest absolute Gasteiger partial charge is 0.479 e. The molecule has 1 aliphatic rings. The molecule has 0 unspecified atom stereocenters. The molecule has 1 aliphatic heterocycles. The van der Waals surface area contributed by atoms with E-state index in [4.69, 9.17) is 25.8 Å². The summed E-state index contributed by atoms with van der Waals surface area (Å²) in [5, 5.41) is 0.418. The third-order valence-electron chi connectivity index (χ3n) is 3.99. The maximum atomic E-state index is 13.0. The van der Waals surface area contributed by atoms with E-state index >= 15 is 0 Å². The van der Waals surface area contributed by atoms with Gasteiger partial charge in [-0.1, -0.05) is 35.9 Å². The van der Waals surface area contributed by atoms with E-state index in [0.29, 0.717) is 22.2 Å². The molecule has 2 atom stereocenters. The van der Waals surface area contributed by atoms with Gasteiger partial charge in [-0.25, -0.2) is 4.79 Å². The maximum Gasteiger partial charge on any atom is 0.348 e. The van der Waals surface area contributed by atoms with E-state index in [0.717, 1.165) is 0 Å². The first-order valence-corrected chi connectivity index (χ1v) is 8.45. The van der Waals surface area contributed by atoms with Crippen LogP contribution in [0, 0.1) is 0 Å². The molecule has 0 aliphatic carbocycles. The molecule has 1 amide bonds. The lowest BCUT2D eigenvalue weighted by Gasteiger charge is -2.34. The van der Waals surface area contributed by atoms with Crippen molar-refractivity contribution in [3.05, 3.63) is 53.6 Å². The minimum atomic E-state index is -0.897. The summed E-state index contributed by atoms with van der Waals surface area (Å²) in [6, 6.07) is 13.9. The van der Waals surface area contributed by atoms with E-state index in [2.05, 4.69) is 0 Å². The molecule has 0 spiro atoms. The Morgan fingerprint density at radius 2 is 1.88 bits per heavy atom. The molecular formula is C19H18ClNO5. The number of rotatable bonds is 4. The van der Waals surface area contributed by atoms with Crippen molar-refractivity contribution in [1.29, 1.82) is 0 Å². The van der Waals surface area contributed by atoms with Gasteiger partial charge in [-0.3, -0.25) is 4.79 Å². The van der Waals surface area contributed by atoms with Gasteiger partial charge in [-0.15, -0.1) is 0 Å². The van der Waals surface area contributed by atoms with Crippen LogP contribution in [0.3, 0.4) is 0 Å². The third kappa shape index (κ3) is 3.60. The van der Waals surface area contributed by atoms with Gasteiger partial charge in [0.05, 0.1) is 24.4 Å². The fourth-order valence-corrected chi connectivity index (χ4v) is 2.88. The number of methoxy groups -OCH3 is 1. The van der Waals surface area contributed by atoms with Crippen LogP contribution in [0.15, 0.2) is 48.5 Å². The number of carbonyl (C=O) groups excluding carboxylic acids is 2. The summed E-state index contributed by atoms with van der Waals surface area (Å²) in [7, 11) is 1.28. The second-order valence-electron chi connectivity index (χ2n) is 5.74. The van der Waals surface area contributed by atoms with Crippen LogP contribution in [-0.4, -0.2) is 37.7 Å². The summed E-state index contributed by atoms with van der Waals surface area (Å²) in [5.41, 5.74) is 0.576.